The number of carboxylic acids is 1. The summed E-state index contributed by atoms with van der Waals surface area (Å²) in [6.07, 6.45) is 3.53. The molecule has 1 aromatic carbocycles. The molecule has 26 heavy (non-hydrogen) atoms. The third kappa shape index (κ3) is 4.71. The highest BCUT2D eigenvalue weighted by Crippen LogP contribution is 2.30. The lowest BCUT2D eigenvalue weighted by molar-refractivity contribution is -0.142. The monoisotopic (exact) mass is 371 g/mol. The largest absolute Gasteiger partial charge is 0.481 e. The van der Waals surface area contributed by atoms with Gasteiger partial charge in [-0.1, -0.05) is 24.3 Å². The molecule has 1 saturated heterocycles. The fourth-order valence-corrected chi connectivity index (χ4v) is 4.33. The van der Waals surface area contributed by atoms with Gasteiger partial charge in [-0.2, -0.15) is 5.10 Å². The van der Waals surface area contributed by atoms with Gasteiger partial charge in [0, 0.05) is 29.1 Å². The number of carboxylic acid groups (broad SMARTS) is 1. The van der Waals surface area contributed by atoms with Gasteiger partial charge in [0.25, 0.3) is 0 Å². The second-order valence-electron chi connectivity index (χ2n) is 6.77. The summed E-state index contributed by atoms with van der Waals surface area (Å²) >= 11 is 1.74. The molecule has 2 heterocycles. The Morgan fingerprint density at radius 1 is 1.38 bits per heavy atom. The Labute approximate surface area is 158 Å². The summed E-state index contributed by atoms with van der Waals surface area (Å²) in [6.45, 7) is 4.34. The number of piperidine rings is 1. The quantitative estimate of drug-likeness (QED) is 0.396. The summed E-state index contributed by atoms with van der Waals surface area (Å²) in [4.78, 5) is 12.4. The fraction of sp³-hybridized carbons (Fsp3) is 0.400. The van der Waals surface area contributed by atoms with Crippen molar-refractivity contribution in [2.24, 2.45) is 16.9 Å². The minimum Gasteiger partial charge on any atom is -0.481 e. The average molecular weight is 372 g/mol. The third-order valence-corrected chi connectivity index (χ3v) is 5.87. The predicted octanol–water partition coefficient (Wildman–Crippen LogP) is 3.35. The lowest BCUT2D eigenvalue weighted by Crippen LogP contribution is -2.40. The van der Waals surface area contributed by atoms with Crippen LogP contribution in [-0.2, 0) is 4.79 Å². The van der Waals surface area contributed by atoms with E-state index in [0.717, 1.165) is 31.5 Å². The lowest BCUT2D eigenvalue weighted by atomic mass is 9.88. The first kappa shape index (κ1) is 18.6. The standard InChI is InChI=1S/C20H25N3O2S/c1-14-7-9-26-19(14)18-5-3-2-4-16(18)13-23-22-8-6-15-10-17(20(24)25)12-21-11-15/h2-5,7,9,13,15,17,21-22H,6,8,10-12H2,1H3,(H,24,25)/b23-13+/t15-,17+/m0/s1. The van der Waals surface area contributed by atoms with E-state index in [9.17, 15) is 4.79 Å². The van der Waals surface area contributed by atoms with E-state index in [1.165, 1.54) is 16.0 Å². The lowest BCUT2D eigenvalue weighted by Gasteiger charge is -2.27. The number of hydrogen-bond donors (Lipinski definition) is 3. The van der Waals surface area contributed by atoms with E-state index in [1.54, 1.807) is 11.3 Å². The van der Waals surface area contributed by atoms with Gasteiger partial charge in [0.1, 0.15) is 0 Å². The van der Waals surface area contributed by atoms with Gasteiger partial charge < -0.3 is 15.8 Å². The zero-order chi connectivity index (χ0) is 18.4. The maximum atomic E-state index is 11.1. The molecule has 1 aliphatic heterocycles. The van der Waals surface area contributed by atoms with Crippen molar-refractivity contribution in [1.82, 2.24) is 10.7 Å². The molecule has 0 radical (unpaired) electrons. The van der Waals surface area contributed by atoms with Crippen molar-refractivity contribution < 1.29 is 9.90 Å². The van der Waals surface area contributed by atoms with E-state index in [4.69, 9.17) is 5.11 Å². The highest BCUT2D eigenvalue weighted by Gasteiger charge is 2.26. The van der Waals surface area contributed by atoms with Crippen molar-refractivity contribution in [3.63, 3.8) is 0 Å². The first-order valence-electron chi connectivity index (χ1n) is 8.98. The zero-order valence-corrected chi connectivity index (χ0v) is 15.8. The van der Waals surface area contributed by atoms with E-state index < -0.39 is 5.97 Å². The summed E-state index contributed by atoms with van der Waals surface area (Å²) in [7, 11) is 0. The molecular weight excluding hydrogens is 346 g/mol. The van der Waals surface area contributed by atoms with Gasteiger partial charge in [-0.05, 0) is 49.2 Å². The second-order valence-corrected chi connectivity index (χ2v) is 7.69. The van der Waals surface area contributed by atoms with Crippen molar-refractivity contribution in [3.05, 3.63) is 46.8 Å². The SMILES string of the molecule is Cc1ccsc1-c1ccccc1/C=N/NCC[C@@H]1CNC[C@H](C(=O)O)C1. The van der Waals surface area contributed by atoms with Crippen molar-refractivity contribution in [2.75, 3.05) is 19.6 Å². The Bertz CT molecular complexity index is 772. The van der Waals surface area contributed by atoms with E-state index in [2.05, 4.69) is 46.3 Å². The number of nitrogens with zero attached hydrogens (tertiary/aromatic N) is 1. The highest BCUT2D eigenvalue weighted by molar-refractivity contribution is 7.13. The molecule has 6 heteroatoms. The van der Waals surface area contributed by atoms with Gasteiger partial charge in [0.2, 0.25) is 0 Å². The van der Waals surface area contributed by atoms with Crippen LogP contribution in [0.3, 0.4) is 0 Å². The topological polar surface area (TPSA) is 73.7 Å². The third-order valence-electron chi connectivity index (χ3n) is 4.82. The van der Waals surface area contributed by atoms with E-state index in [0.29, 0.717) is 12.5 Å². The number of nitrogens with one attached hydrogen (secondary N) is 2. The summed E-state index contributed by atoms with van der Waals surface area (Å²) < 4.78 is 0. The van der Waals surface area contributed by atoms with Gasteiger partial charge in [0.05, 0.1) is 12.1 Å². The summed E-state index contributed by atoms with van der Waals surface area (Å²) in [5.41, 5.74) is 6.68. The van der Waals surface area contributed by atoms with Crippen molar-refractivity contribution in [1.29, 1.82) is 0 Å². The molecule has 2 atom stereocenters. The van der Waals surface area contributed by atoms with Crippen LogP contribution >= 0.6 is 11.3 Å². The second kappa shape index (κ2) is 8.96. The maximum Gasteiger partial charge on any atom is 0.307 e. The molecule has 0 saturated carbocycles. The molecule has 1 aromatic heterocycles. The molecule has 1 fully saturated rings. The van der Waals surface area contributed by atoms with Crippen LogP contribution in [0.1, 0.15) is 24.0 Å². The summed E-state index contributed by atoms with van der Waals surface area (Å²) in [5, 5.41) is 18.8. The van der Waals surface area contributed by atoms with Crippen molar-refractivity contribution in [2.45, 2.75) is 19.8 Å². The van der Waals surface area contributed by atoms with Crippen molar-refractivity contribution in [3.8, 4) is 10.4 Å². The van der Waals surface area contributed by atoms with Crippen LogP contribution in [0.5, 0.6) is 0 Å². The fourth-order valence-electron chi connectivity index (χ4n) is 3.35. The van der Waals surface area contributed by atoms with E-state index in [-0.39, 0.29) is 5.92 Å². The maximum absolute atomic E-state index is 11.1. The van der Waals surface area contributed by atoms with Crippen LogP contribution in [0.4, 0.5) is 0 Å². The molecule has 0 aliphatic carbocycles. The molecule has 0 unspecified atom stereocenters. The Morgan fingerprint density at radius 2 is 2.23 bits per heavy atom. The van der Waals surface area contributed by atoms with Crippen LogP contribution in [0.25, 0.3) is 10.4 Å². The predicted molar refractivity (Wildman–Crippen MR) is 107 cm³/mol. The minimum atomic E-state index is -0.700. The zero-order valence-electron chi connectivity index (χ0n) is 14.9. The minimum absolute atomic E-state index is 0.266. The number of benzene rings is 1. The molecule has 5 nitrogen and oxygen atoms in total. The van der Waals surface area contributed by atoms with Gasteiger partial charge in [-0.25, -0.2) is 0 Å². The first-order chi connectivity index (χ1) is 12.6. The molecule has 0 bridgehead atoms. The average Bonchev–Trinajstić information content (AvgIpc) is 3.08. The molecule has 3 N–H and O–H groups in total. The van der Waals surface area contributed by atoms with Gasteiger partial charge >= 0.3 is 5.97 Å². The summed E-state index contributed by atoms with van der Waals surface area (Å²) in [5.74, 6) is -0.583. The number of carbonyl (C=O) groups is 1. The highest BCUT2D eigenvalue weighted by atomic mass is 32.1. The van der Waals surface area contributed by atoms with Crippen LogP contribution < -0.4 is 10.7 Å². The Kier molecular flexibility index (Phi) is 6.41. The summed E-state index contributed by atoms with van der Waals surface area (Å²) in [6, 6.07) is 10.4. The number of aryl methyl sites for hydroxylation is 1. The molecule has 138 valence electrons. The molecule has 3 rings (SSSR count). The van der Waals surface area contributed by atoms with Crippen LogP contribution in [-0.4, -0.2) is 36.9 Å². The van der Waals surface area contributed by atoms with Gasteiger partial charge in [-0.15, -0.1) is 11.3 Å². The number of aliphatic carboxylic acids is 1. The molecule has 0 spiro atoms. The molecule has 0 amide bonds. The van der Waals surface area contributed by atoms with Crippen molar-refractivity contribution >= 4 is 23.5 Å². The Balaban J connectivity index is 1.52. The molecular formula is C20H25N3O2S. The first-order valence-corrected chi connectivity index (χ1v) is 9.86. The van der Waals surface area contributed by atoms with Crippen LogP contribution in [0.15, 0.2) is 40.8 Å². The number of hydrazone groups is 1. The van der Waals surface area contributed by atoms with E-state index >= 15 is 0 Å². The molecule has 2 aromatic rings. The van der Waals surface area contributed by atoms with Crippen LogP contribution in [0, 0.1) is 18.8 Å². The number of rotatable bonds is 7. The number of hydrogen-bond acceptors (Lipinski definition) is 5. The normalized spacial score (nSPS) is 20.3. The van der Waals surface area contributed by atoms with E-state index in [1.807, 2.05) is 18.3 Å². The Morgan fingerprint density at radius 3 is 3.00 bits per heavy atom. The Hall–Kier alpha value is -2.18. The smallest absolute Gasteiger partial charge is 0.307 e. The number of thiophene rings is 1. The van der Waals surface area contributed by atoms with Crippen LogP contribution in [0.2, 0.25) is 0 Å². The molecule has 1 aliphatic rings. The van der Waals surface area contributed by atoms with Gasteiger partial charge in [-0.3, -0.25) is 4.79 Å². The van der Waals surface area contributed by atoms with Gasteiger partial charge in [0.15, 0.2) is 0 Å².